The molecule has 3 heterocycles. The third-order valence-corrected chi connectivity index (χ3v) is 6.11. The first kappa shape index (κ1) is 24.6. The monoisotopic (exact) mass is 499 g/mol. The predicted molar refractivity (Wildman–Crippen MR) is 131 cm³/mol. The molecule has 182 valence electrons. The van der Waals surface area contributed by atoms with E-state index in [0.717, 1.165) is 23.5 Å². The summed E-state index contributed by atoms with van der Waals surface area (Å²) in [6, 6.07) is 8.95. The SMILES string of the molecule is C=C(Nc1ccc(-c2cn(CCCO)c(C(C)c3cccc(C(F)(F)F)c3)n2)nc1)c1cscn1. The fourth-order valence-electron chi connectivity index (χ4n) is 3.67. The Morgan fingerprint density at radius 3 is 2.69 bits per heavy atom. The normalized spacial score (nSPS) is 12.5. The number of alkyl halides is 3. The molecule has 1 aromatic carbocycles. The molecule has 0 aliphatic heterocycles. The Morgan fingerprint density at radius 2 is 2.03 bits per heavy atom. The van der Waals surface area contributed by atoms with E-state index in [4.69, 9.17) is 4.98 Å². The van der Waals surface area contributed by atoms with Gasteiger partial charge >= 0.3 is 6.18 Å². The number of aryl methyl sites for hydroxylation is 1. The number of aliphatic hydroxyl groups excluding tert-OH is 1. The summed E-state index contributed by atoms with van der Waals surface area (Å²) in [7, 11) is 0. The quantitative estimate of drug-likeness (QED) is 0.294. The maximum absolute atomic E-state index is 13.2. The van der Waals surface area contributed by atoms with Crippen LogP contribution >= 0.6 is 11.3 Å². The number of imidazole rings is 1. The van der Waals surface area contributed by atoms with E-state index in [0.29, 0.717) is 41.4 Å². The summed E-state index contributed by atoms with van der Waals surface area (Å²) in [6.07, 6.45) is -0.445. The number of benzene rings is 1. The van der Waals surface area contributed by atoms with Gasteiger partial charge in [-0.3, -0.25) is 4.98 Å². The van der Waals surface area contributed by atoms with Crippen molar-refractivity contribution in [2.45, 2.75) is 32.0 Å². The number of nitrogens with one attached hydrogen (secondary N) is 1. The lowest BCUT2D eigenvalue weighted by Gasteiger charge is -2.16. The highest BCUT2D eigenvalue weighted by Crippen LogP contribution is 2.33. The third kappa shape index (κ3) is 5.77. The van der Waals surface area contributed by atoms with Crippen LogP contribution in [0.4, 0.5) is 18.9 Å². The molecule has 0 saturated carbocycles. The van der Waals surface area contributed by atoms with Gasteiger partial charge < -0.3 is 15.0 Å². The smallest absolute Gasteiger partial charge is 0.396 e. The Hall–Kier alpha value is -3.50. The van der Waals surface area contributed by atoms with Gasteiger partial charge in [-0.2, -0.15) is 13.2 Å². The number of thiazole rings is 1. The molecule has 4 rings (SSSR count). The van der Waals surface area contributed by atoms with Crippen molar-refractivity contribution in [1.82, 2.24) is 19.5 Å². The summed E-state index contributed by atoms with van der Waals surface area (Å²) in [5, 5.41) is 14.4. The summed E-state index contributed by atoms with van der Waals surface area (Å²) in [6.45, 7) is 6.28. The second-order valence-corrected chi connectivity index (χ2v) is 8.73. The van der Waals surface area contributed by atoms with Gasteiger partial charge in [0.15, 0.2) is 0 Å². The van der Waals surface area contributed by atoms with E-state index in [1.807, 2.05) is 35.2 Å². The van der Waals surface area contributed by atoms with E-state index in [1.54, 1.807) is 17.8 Å². The van der Waals surface area contributed by atoms with Gasteiger partial charge in [0.25, 0.3) is 0 Å². The van der Waals surface area contributed by atoms with E-state index in [2.05, 4.69) is 21.9 Å². The third-order valence-electron chi connectivity index (χ3n) is 5.53. The summed E-state index contributed by atoms with van der Waals surface area (Å²) in [4.78, 5) is 13.4. The van der Waals surface area contributed by atoms with Gasteiger partial charge in [0, 0.05) is 30.6 Å². The standard InChI is InChI=1S/C25H24F3N5OS/c1-16(18-5-3-6-19(11-18)25(26,27)28)24-32-22(13-33(24)9-4-10-34)21-8-7-20(12-29-21)31-17(2)23-14-35-15-30-23/h3,5-8,11-16,31,34H,2,4,9-10H2,1H3. The zero-order chi connectivity index (χ0) is 25.0. The van der Waals surface area contributed by atoms with Crippen LogP contribution in [0.1, 0.15) is 41.9 Å². The zero-order valence-corrected chi connectivity index (χ0v) is 19.8. The molecule has 0 amide bonds. The van der Waals surface area contributed by atoms with Crippen molar-refractivity contribution in [1.29, 1.82) is 0 Å². The maximum atomic E-state index is 13.2. The second kappa shape index (κ2) is 10.4. The molecule has 0 aliphatic rings. The molecule has 10 heteroatoms. The van der Waals surface area contributed by atoms with Crippen molar-refractivity contribution in [2.75, 3.05) is 11.9 Å². The molecule has 0 bridgehead atoms. The van der Waals surface area contributed by atoms with Crippen LogP contribution in [0.15, 0.2) is 66.3 Å². The first-order valence-corrected chi connectivity index (χ1v) is 11.9. The number of nitrogens with zero attached hydrogens (tertiary/aromatic N) is 4. The van der Waals surface area contributed by atoms with Crippen LogP contribution in [-0.2, 0) is 12.7 Å². The van der Waals surface area contributed by atoms with Crippen molar-refractivity contribution in [3.8, 4) is 11.4 Å². The number of rotatable bonds is 9. The molecular weight excluding hydrogens is 475 g/mol. The highest BCUT2D eigenvalue weighted by atomic mass is 32.1. The van der Waals surface area contributed by atoms with Gasteiger partial charge in [-0.1, -0.05) is 31.7 Å². The van der Waals surface area contributed by atoms with E-state index >= 15 is 0 Å². The molecule has 1 atom stereocenters. The van der Waals surface area contributed by atoms with E-state index in [-0.39, 0.29) is 6.61 Å². The first-order valence-electron chi connectivity index (χ1n) is 10.9. The van der Waals surface area contributed by atoms with E-state index in [1.165, 1.54) is 17.4 Å². The Bertz CT molecular complexity index is 1280. The van der Waals surface area contributed by atoms with Gasteiger partial charge in [-0.05, 0) is 30.2 Å². The van der Waals surface area contributed by atoms with Crippen molar-refractivity contribution in [3.05, 3.63) is 88.9 Å². The number of hydrogen-bond donors (Lipinski definition) is 2. The van der Waals surface area contributed by atoms with Crippen molar-refractivity contribution >= 4 is 22.7 Å². The number of hydrogen-bond acceptors (Lipinski definition) is 6. The molecule has 35 heavy (non-hydrogen) atoms. The molecule has 3 aromatic heterocycles. The zero-order valence-electron chi connectivity index (χ0n) is 19.0. The van der Waals surface area contributed by atoms with Gasteiger partial charge in [0.05, 0.1) is 40.0 Å². The van der Waals surface area contributed by atoms with Crippen molar-refractivity contribution in [3.63, 3.8) is 0 Å². The number of aliphatic hydroxyl groups is 1. The lowest BCUT2D eigenvalue weighted by Crippen LogP contribution is -2.10. The van der Waals surface area contributed by atoms with E-state index < -0.39 is 17.7 Å². The number of aromatic nitrogens is 4. The lowest BCUT2D eigenvalue weighted by molar-refractivity contribution is -0.137. The summed E-state index contributed by atoms with van der Waals surface area (Å²) in [5.41, 5.74) is 4.92. The number of pyridine rings is 1. The molecule has 0 spiro atoms. The molecule has 2 N–H and O–H groups in total. The molecule has 0 saturated heterocycles. The van der Waals surface area contributed by atoms with Crippen LogP contribution in [-0.4, -0.2) is 31.2 Å². The topological polar surface area (TPSA) is 75.9 Å². The highest BCUT2D eigenvalue weighted by Gasteiger charge is 2.31. The minimum Gasteiger partial charge on any atom is -0.396 e. The Morgan fingerprint density at radius 1 is 1.20 bits per heavy atom. The first-order chi connectivity index (χ1) is 16.8. The Labute approximate surface area is 204 Å². The van der Waals surface area contributed by atoms with Gasteiger partial charge in [0.2, 0.25) is 0 Å². The minimum absolute atomic E-state index is 0.00756. The predicted octanol–water partition coefficient (Wildman–Crippen LogP) is 6.04. The maximum Gasteiger partial charge on any atom is 0.416 e. The van der Waals surface area contributed by atoms with Crippen LogP contribution in [0, 0.1) is 0 Å². The fraction of sp³-hybridized carbons (Fsp3) is 0.240. The van der Waals surface area contributed by atoms with E-state index in [9.17, 15) is 18.3 Å². The van der Waals surface area contributed by atoms with Gasteiger partial charge in [-0.25, -0.2) is 9.97 Å². The molecule has 0 radical (unpaired) electrons. The Balaban J connectivity index is 1.60. The summed E-state index contributed by atoms with van der Waals surface area (Å²) in [5.74, 6) is 0.209. The molecule has 6 nitrogen and oxygen atoms in total. The van der Waals surface area contributed by atoms with Gasteiger partial charge in [0.1, 0.15) is 11.5 Å². The summed E-state index contributed by atoms with van der Waals surface area (Å²) >= 11 is 1.48. The van der Waals surface area contributed by atoms with Crippen LogP contribution < -0.4 is 5.32 Å². The average molecular weight is 500 g/mol. The molecule has 0 fully saturated rings. The summed E-state index contributed by atoms with van der Waals surface area (Å²) < 4.78 is 41.5. The fourth-order valence-corrected chi connectivity index (χ4v) is 4.24. The van der Waals surface area contributed by atoms with Crippen molar-refractivity contribution < 1.29 is 18.3 Å². The second-order valence-electron chi connectivity index (χ2n) is 8.01. The van der Waals surface area contributed by atoms with Crippen LogP contribution in [0.25, 0.3) is 17.1 Å². The number of anilines is 1. The van der Waals surface area contributed by atoms with Gasteiger partial charge in [-0.15, -0.1) is 11.3 Å². The lowest BCUT2D eigenvalue weighted by atomic mass is 9.98. The molecule has 4 aromatic rings. The average Bonchev–Trinajstić information content (AvgIpc) is 3.53. The van der Waals surface area contributed by atoms with Crippen LogP contribution in [0.5, 0.6) is 0 Å². The Kier molecular flexibility index (Phi) is 7.32. The molecular formula is C25H24F3N5OS. The minimum atomic E-state index is -4.42. The van der Waals surface area contributed by atoms with Crippen LogP contribution in [0.3, 0.4) is 0 Å². The van der Waals surface area contributed by atoms with Crippen molar-refractivity contribution in [2.24, 2.45) is 0 Å². The van der Waals surface area contributed by atoms with Crippen LogP contribution in [0.2, 0.25) is 0 Å². The largest absolute Gasteiger partial charge is 0.416 e. The number of halogens is 3. The molecule has 0 aliphatic carbocycles. The highest BCUT2D eigenvalue weighted by molar-refractivity contribution is 7.07. The molecule has 1 unspecified atom stereocenters.